The van der Waals surface area contributed by atoms with E-state index in [-0.39, 0.29) is 13.0 Å². The van der Waals surface area contributed by atoms with Crippen molar-refractivity contribution in [3.63, 3.8) is 0 Å². The Labute approximate surface area is 182 Å². The molecule has 1 aliphatic rings. The molecule has 0 aromatic heterocycles. The van der Waals surface area contributed by atoms with E-state index in [1.807, 2.05) is 0 Å². The van der Waals surface area contributed by atoms with Gasteiger partial charge in [-0.05, 0) is 44.0 Å². The Balaban J connectivity index is 2.03. The molecule has 0 spiro atoms. The number of nitrogens with zero attached hydrogens (tertiary/aromatic N) is 1. The van der Waals surface area contributed by atoms with Crippen LogP contribution in [0.1, 0.15) is 38.2 Å². The molecule has 1 aromatic carbocycles. The minimum atomic E-state index is -3.89. The van der Waals surface area contributed by atoms with Gasteiger partial charge in [0.05, 0.1) is 6.54 Å². The highest BCUT2D eigenvalue weighted by Crippen LogP contribution is 2.30. The average Bonchev–Trinajstić information content (AvgIpc) is 3.09. The Kier molecular flexibility index (Phi) is 8.44. The molecule has 2 amide bonds. The van der Waals surface area contributed by atoms with Crippen LogP contribution in [0.2, 0.25) is 0 Å². The van der Waals surface area contributed by atoms with Crippen molar-refractivity contribution in [3.8, 4) is 11.8 Å². The fourth-order valence-electron chi connectivity index (χ4n) is 3.15. The first-order valence-corrected chi connectivity index (χ1v) is 11.7. The van der Waals surface area contributed by atoms with Gasteiger partial charge in [-0.25, -0.2) is 18.7 Å². The van der Waals surface area contributed by atoms with Gasteiger partial charge in [-0.15, -0.1) is 0 Å². The van der Waals surface area contributed by atoms with Crippen molar-refractivity contribution in [3.05, 3.63) is 29.8 Å². The average molecular weight is 453 g/mol. The fourth-order valence-corrected chi connectivity index (χ4v) is 4.02. The Morgan fingerprint density at radius 3 is 2.61 bits per heavy atom. The van der Waals surface area contributed by atoms with E-state index in [1.165, 1.54) is 17.3 Å². The van der Waals surface area contributed by atoms with Gasteiger partial charge in [0, 0.05) is 44.1 Å². The number of sulfone groups is 1. The molecule has 1 fully saturated rings. The van der Waals surface area contributed by atoms with Gasteiger partial charge >= 0.3 is 6.09 Å². The molecule has 2 rings (SSSR count). The lowest BCUT2D eigenvalue weighted by molar-refractivity contribution is -0.132. The normalized spacial score (nSPS) is 18.0. The van der Waals surface area contributed by atoms with Gasteiger partial charge in [-0.3, -0.25) is 14.9 Å². The number of carbonyl (C=O) groups is 2. The van der Waals surface area contributed by atoms with Crippen molar-refractivity contribution >= 4 is 27.5 Å². The number of amides is 2. The number of hydrogen-bond donors (Lipinski definition) is 2. The molecule has 1 aromatic rings. The largest absolute Gasteiger partial charge is 0.444 e. The summed E-state index contributed by atoms with van der Waals surface area (Å²) in [5.41, 5.74) is 2.77. The minimum absolute atomic E-state index is 0.0766. The van der Waals surface area contributed by atoms with Crippen LogP contribution in [0.25, 0.3) is 0 Å². The second-order valence-corrected chi connectivity index (χ2v) is 10.0. The molecule has 1 heterocycles. The molecular weight excluding hydrogens is 424 g/mol. The molecule has 10 heteroatoms. The van der Waals surface area contributed by atoms with Gasteiger partial charge in [0.1, 0.15) is 6.10 Å². The van der Waals surface area contributed by atoms with Crippen LogP contribution in [0.4, 0.5) is 10.5 Å². The zero-order chi connectivity index (χ0) is 23.1. The lowest BCUT2D eigenvalue weighted by atomic mass is 10.0. The summed E-state index contributed by atoms with van der Waals surface area (Å²) in [4.78, 5) is 25.7. The van der Waals surface area contributed by atoms with Crippen LogP contribution >= 0.6 is 0 Å². The first kappa shape index (κ1) is 24.7. The maximum absolute atomic E-state index is 12.3. The van der Waals surface area contributed by atoms with Gasteiger partial charge in [0.2, 0.25) is 0 Å². The van der Waals surface area contributed by atoms with Crippen LogP contribution in [-0.2, 0) is 24.1 Å². The predicted molar refractivity (Wildman–Crippen MR) is 114 cm³/mol. The molecule has 0 bridgehead atoms. The number of hydroxylamine groups is 1. The van der Waals surface area contributed by atoms with Crippen molar-refractivity contribution in [2.45, 2.75) is 43.5 Å². The SMILES string of the molecule is COCCCCC#Cc1ccc(N2C[C@H](C[C@](C)(C(=O)NO)S(C)(=O)=O)OC2=O)cc1. The van der Waals surface area contributed by atoms with Crippen molar-refractivity contribution in [1.29, 1.82) is 0 Å². The van der Waals surface area contributed by atoms with Gasteiger partial charge in [0.25, 0.3) is 5.91 Å². The van der Waals surface area contributed by atoms with Crippen molar-refractivity contribution in [2.75, 3.05) is 31.4 Å². The van der Waals surface area contributed by atoms with E-state index in [9.17, 15) is 18.0 Å². The number of unbranched alkanes of at least 4 members (excludes halogenated alkanes) is 2. The fraction of sp³-hybridized carbons (Fsp3) is 0.524. The standard InChI is InChI=1S/C21H28N2O7S/c1-21(19(24)22-26,31(3,27)28)14-18-15-23(20(25)30-18)17-11-9-16(10-12-17)8-6-4-5-7-13-29-2/h9-12,18,26H,4-5,7,13-15H2,1-3H3,(H,22,24)/t18-,21+/m0/s1. The Morgan fingerprint density at radius 2 is 2.03 bits per heavy atom. The Hall–Kier alpha value is -2.61. The topological polar surface area (TPSA) is 122 Å². The van der Waals surface area contributed by atoms with E-state index in [1.54, 1.807) is 31.4 Å². The summed E-state index contributed by atoms with van der Waals surface area (Å²) in [6.07, 6.45) is 1.83. The number of carbonyl (C=O) groups excluding carboxylic acids is 2. The molecule has 1 saturated heterocycles. The summed E-state index contributed by atoms with van der Waals surface area (Å²) < 4.78 is 32.6. The third-order valence-corrected chi connectivity index (χ3v) is 7.19. The van der Waals surface area contributed by atoms with E-state index in [0.29, 0.717) is 5.69 Å². The van der Waals surface area contributed by atoms with Crippen LogP contribution in [0, 0.1) is 11.8 Å². The molecule has 9 nitrogen and oxygen atoms in total. The number of nitrogens with one attached hydrogen (secondary N) is 1. The van der Waals surface area contributed by atoms with Crippen LogP contribution < -0.4 is 10.4 Å². The Morgan fingerprint density at radius 1 is 1.35 bits per heavy atom. The minimum Gasteiger partial charge on any atom is -0.444 e. The van der Waals surface area contributed by atoms with E-state index < -0.39 is 32.7 Å². The highest BCUT2D eigenvalue weighted by atomic mass is 32.2. The molecule has 0 saturated carbocycles. The summed E-state index contributed by atoms with van der Waals surface area (Å²) in [5.74, 6) is 5.09. The van der Waals surface area contributed by atoms with Gasteiger partial charge < -0.3 is 9.47 Å². The summed E-state index contributed by atoms with van der Waals surface area (Å²) in [6, 6.07) is 7.04. The molecular formula is C21H28N2O7S. The molecule has 2 N–H and O–H groups in total. The predicted octanol–water partition coefficient (Wildman–Crippen LogP) is 1.88. The smallest absolute Gasteiger partial charge is 0.414 e. The summed E-state index contributed by atoms with van der Waals surface area (Å²) in [6.45, 7) is 1.98. The molecule has 170 valence electrons. The lowest BCUT2D eigenvalue weighted by Crippen LogP contribution is -2.51. The van der Waals surface area contributed by atoms with Gasteiger partial charge in [-0.1, -0.05) is 11.8 Å². The molecule has 0 aliphatic carbocycles. The van der Waals surface area contributed by atoms with E-state index in [0.717, 1.165) is 37.7 Å². The monoisotopic (exact) mass is 452 g/mol. The van der Waals surface area contributed by atoms with Crippen molar-refractivity contribution in [2.24, 2.45) is 0 Å². The van der Waals surface area contributed by atoms with Crippen molar-refractivity contribution in [1.82, 2.24) is 5.48 Å². The molecule has 2 atom stereocenters. The van der Waals surface area contributed by atoms with Crippen LogP contribution in [0.15, 0.2) is 24.3 Å². The first-order chi connectivity index (χ1) is 14.6. The first-order valence-electron chi connectivity index (χ1n) is 9.82. The second kappa shape index (κ2) is 10.6. The number of methoxy groups -OCH3 is 1. The number of hydrogen-bond acceptors (Lipinski definition) is 7. The molecule has 31 heavy (non-hydrogen) atoms. The number of anilines is 1. The third-order valence-electron chi connectivity index (χ3n) is 5.20. The third kappa shape index (κ3) is 6.19. The van der Waals surface area contributed by atoms with Crippen LogP contribution in [0.5, 0.6) is 0 Å². The second-order valence-electron chi connectivity index (χ2n) is 7.56. The van der Waals surface area contributed by atoms with E-state index in [2.05, 4.69) is 11.8 Å². The zero-order valence-electron chi connectivity index (χ0n) is 17.9. The van der Waals surface area contributed by atoms with Gasteiger partial charge in [-0.2, -0.15) is 0 Å². The van der Waals surface area contributed by atoms with Crippen molar-refractivity contribution < 1.29 is 32.7 Å². The number of ether oxygens (including phenoxy) is 2. The molecule has 1 aliphatic heterocycles. The summed E-state index contributed by atoms with van der Waals surface area (Å²) in [5, 5.41) is 8.93. The summed E-state index contributed by atoms with van der Waals surface area (Å²) in [7, 11) is -2.22. The molecule has 0 unspecified atom stereocenters. The maximum Gasteiger partial charge on any atom is 0.414 e. The molecule has 0 radical (unpaired) electrons. The highest BCUT2D eigenvalue weighted by molar-refractivity contribution is 7.92. The summed E-state index contributed by atoms with van der Waals surface area (Å²) >= 11 is 0. The zero-order valence-corrected chi connectivity index (χ0v) is 18.7. The van der Waals surface area contributed by atoms with Gasteiger partial charge in [0.15, 0.2) is 14.6 Å². The number of cyclic esters (lactones) is 1. The maximum atomic E-state index is 12.3. The number of rotatable bonds is 9. The quantitative estimate of drug-likeness (QED) is 0.254. The highest BCUT2D eigenvalue weighted by Gasteiger charge is 2.48. The Bertz CT molecular complexity index is 950. The van der Waals surface area contributed by atoms with E-state index in [4.69, 9.17) is 14.7 Å². The lowest BCUT2D eigenvalue weighted by Gasteiger charge is -2.26. The van der Waals surface area contributed by atoms with E-state index >= 15 is 0 Å². The van der Waals surface area contributed by atoms with Crippen LogP contribution in [-0.4, -0.2) is 63.0 Å². The van der Waals surface area contributed by atoms with Crippen LogP contribution in [0.3, 0.4) is 0 Å². The number of benzene rings is 1.